The summed E-state index contributed by atoms with van der Waals surface area (Å²) in [5.41, 5.74) is 4.03. The average molecular weight is 290 g/mol. The first kappa shape index (κ1) is 13.1. The van der Waals surface area contributed by atoms with Crippen molar-refractivity contribution in [3.63, 3.8) is 0 Å². The third-order valence-corrected chi connectivity index (χ3v) is 3.62. The second-order valence-electron chi connectivity index (χ2n) is 5.14. The molecule has 0 fully saturated rings. The van der Waals surface area contributed by atoms with Crippen molar-refractivity contribution in [2.75, 3.05) is 5.32 Å². The van der Waals surface area contributed by atoms with Gasteiger partial charge in [-0.1, -0.05) is 30.6 Å². The van der Waals surface area contributed by atoms with Crippen LogP contribution < -0.4 is 5.32 Å². The Labute approximate surface area is 122 Å². The second kappa shape index (κ2) is 5.21. The maximum Gasteiger partial charge on any atom is 0.124 e. The normalized spacial score (nSPS) is 11.4. The number of benzene rings is 1. The van der Waals surface area contributed by atoms with Crippen LogP contribution in [0.25, 0.3) is 10.9 Å². The van der Waals surface area contributed by atoms with E-state index in [1.54, 1.807) is 6.26 Å². The second-order valence-corrected chi connectivity index (χ2v) is 5.55. The van der Waals surface area contributed by atoms with E-state index in [2.05, 4.69) is 35.4 Å². The molecule has 104 valence electrons. The Morgan fingerprint density at radius 3 is 2.90 bits per heavy atom. The van der Waals surface area contributed by atoms with Crippen molar-refractivity contribution in [3.05, 3.63) is 46.9 Å². The Balaban J connectivity index is 1.88. The van der Waals surface area contributed by atoms with Crippen LogP contribution in [0.2, 0.25) is 5.02 Å². The molecule has 0 radical (unpaired) electrons. The lowest BCUT2D eigenvalue weighted by atomic mass is 10.1. The maximum atomic E-state index is 6.31. The zero-order valence-electron chi connectivity index (χ0n) is 11.4. The van der Waals surface area contributed by atoms with E-state index >= 15 is 0 Å². The van der Waals surface area contributed by atoms with Gasteiger partial charge < -0.3 is 14.8 Å². The highest BCUT2D eigenvalue weighted by atomic mass is 35.5. The molecule has 20 heavy (non-hydrogen) atoms. The lowest BCUT2D eigenvalue weighted by Gasteiger charge is -2.06. The van der Waals surface area contributed by atoms with E-state index in [0.717, 1.165) is 22.3 Å². The number of hydrogen-bond acceptors (Lipinski definition) is 3. The molecule has 0 saturated carbocycles. The highest BCUT2D eigenvalue weighted by Gasteiger charge is 2.08. The zero-order chi connectivity index (χ0) is 14.1. The van der Waals surface area contributed by atoms with E-state index in [4.69, 9.17) is 16.1 Å². The summed E-state index contributed by atoms with van der Waals surface area (Å²) in [6, 6.07) is 7.98. The molecule has 2 heterocycles. The van der Waals surface area contributed by atoms with Gasteiger partial charge in [0, 0.05) is 22.7 Å². The molecule has 0 saturated heterocycles. The van der Waals surface area contributed by atoms with Gasteiger partial charge in [0.2, 0.25) is 0 Å². The lowest BCUT2D eigenvalue weighted by Crippen LogP contribution is -2.00. The number of nitrogens with zero attached hydrogens (tertiary/aromatic N) is 1. The highest BCUT2D eigenvalue weighted by Crippen LogP contribution is 2.30. The van der Waals surface area contributed by atoms with Crippen LogP contribution in [0.15, 0.2) is 35.1 Å². The molecular weight excluding hydrogens is 274 g/mol. The summed E-state index contributed by atoms with van der Waals surface area (Å²) in [5.74, 6) is 0.465. The summed E-state index contributed by atoms with van der Waals surface area (Å²) < 4.78 is 4.80. The van der Waals surface area contributed by atoms with E-state index in [9.17, 15) is 0 Å². The summed E-state index contributed by atoms with van der Waals surface area (Å²) in [7, 11) is 0. The zero-order valence-corrected chi connectivity index (χ0v) is 12.2. The van der Waals surface area contributed by atoms with Crippen LogP contribution in [0.1, 0.15) is 31.2 Å². The number of nitrogens with one attached hydrogen (secondary N) is 2. The van der Waals surface area contributed by atoms with Crippen LogP contribution in [-0.4, -0.2) is 10.1 Å². The van der Waals surface area contributed by atoms with E-state index in [0.29, 0.717) is 17.5 Å². The fourth-order valence-electron chi connectivity index (χ4n) is 2.14. The maximum absolute atomic E-state index is 6.31. The van der Waals surface area contributed by atoms with Gasteiger partial charge in [-0.05, 0) is 24.1 Å². The molecular formula is C15H16ClN3O. The van der Waals surface area contributed by atoms with Gasteiger partial charge >= 0.3 is 0 Å². The Morgan fingerprint density at radius 2 is 2.20 bits per heavy atom. The molecule has 0 amide bonds. The molecule has 0 spiro atoms. The molecule has 5 heteroatoms. The van der Waals surface area contributed by atoms with Crippen LogP contribution in [0.5, 0.6) is 0 Å². The average Bonchev–Trinajstić information content (AvgIpc) is 3.04. The predicted molar refractivity (Wildman–Crippen MR) is 81.2 cm³/mol. The fourth-order valence-corrected chi connectivity index (χ4v) is 2.38. The molecule has 0 bridgehead atoms. The van der Waals surface area contributed by atoms with Gasteiger partial charge in [-0.25, -0.2) is 0 Å². The van der Waals surface area contributed by atoms with Crippen molar-refractivity contribution >= 4 is 28.2 Å². The minimum absolute atomic E-state index is 0.465. The smallest absolute Gasteiger partial charge is 0.124 e. The first-order valence-electron chi connectivity index (χ1n) is 6.59. The third kappa shape index (κ3) is 2.51. The van der Waals surface area contributed by atoms with Gasteiger partial charge in [-0.3, -0.25) is 0 Å². The molecule has 0 aliphatic rings. The van der Waals surface area contributed by atoms with Crippen LogP contribution in [0.3, 0.4) is 0 Å². The number of rotatable bonds is 4. The minimum atomic E-state index is 0.465. The topological polar surface area (TPSA) is 53.9 Å². The molecule has 0 atom stereocenters. The van der Waals surface area contributed by atoms with Crippen molar-refractivity contribution in [2.24, 2.45) is 0 Å². The van der Waals surface area contributed by atoms with E-state index in [-0.39, 0.29) is 0 Å². The number of aromatic amines is 1. The van der Waals surface area contributed by atoms with Crippen molar-refractivity contribution < 1.29 is 4.52 Å². The Bertz CT molecular complexity index is 716. The van der Waals surface area contributed by atoms with Crippen LogP contribution in [0, 0.1) is 0 Å². The molecule has 0 aliphatic carbocycles. The monoisotopic (exact) mass is 289 g/mol. The fraction of sp³-hybridized carbons (Fsp3) is 0.267. The Morgan fingerprint density at radius 1 is 1.35 bits per heavy atom. The van der Waals surface area contributed by atoms with E-state index in [1.165, 1.54) is 5.69 Å². The molecule has 2 N–H and O–H groups in total. The van der Waals surface area contributed by atoms with Gasteiger partial charge in [-0.15, -0.1) is 0 Å². The molecule has 1 aromatic carbocycles. The summed E-state index contributed by atoms with van der Waals surface area (Å²) >= 11 is 6.31. The number of aromatic nitrogens is 2. The first-order valence-corrected chi connectivity index (χ1v) is 6.96. The van der Waals surface area contributed by atoms with E-state index < -0.39 is 0 Å². The van der Waals surface area contributed by atoms with Crippen molar-refractivity contribution in [3.8, 4) is 0 Å². The van der Waals surface area contributed by atoms with Gasteiger partial charge in [0.1, 0.15) is 12.0 Å². The minimum Gasteiger partial charge on any atom is -0.378 e. The highest BCUT2D eigenvalue weighted by molar-refractivity contribution is 6.34. The molecule has 0 aliphatic heterocycles. The van der Waals surface area contributed by atoms with Crippen LogP contribution in [-0.2, 0) is 6.54 Å². The third-order valence-electron chi connectivity index (χ3n) is 3.30. The first-order chi connectivity index (χ1) is 9.63. The molecule has 0 unspecified atom stereocenters. The summed E-state index contributed by atoms with van der Waals surface area (Å²) in [6.07, 6.45) is 1.56. The number of H-pyrrole nitrogens is 1. The number of fused-ring (bicyclic) bond motifs is 1. The molecule has 4 nitrogen and oxygen atoms in total. The predicted octanol–water partition coefficient (Wildman–Crippen LogP) is 4.54. The van der Waals surface area contributed by atoms with Gasteiger partial charge in [0.15, 0.2) is 0 Å². The van der Waals surface area contributed by atoms with Crippen molar-refractivity contribution in [1.29, 1.82) is 0 Å². The summed E-state index contributed by atoms with van der Waals surface area (Å²) in [5, 5.41) is 8.97. The Kier molecular flexibility index (Phi) is 3.40. The SMILES string of the molecule is CC(C)c1cc2cc(Cl)c(NCc3ccon3)cc2[nH]1. The number of hydrogen-bond donors (Lipinski definition) is 2. The molecule has 2 aromatic heterocycles. The van der Waals surface area contributed by atoms with Crippen molar-refractivity contribution in [1.82, 2.24) is 10.1 Å². The number of halogens is 1. The molecule has 3 rings (SSSR count). The van der Waals surface area contributed by atoms with Gasteiger partial charge in [-0.2, -0.15) is 0 Å². The van der Waals surface area contributed by atoms with Crippen LogP contribution in [0.4, 0.5) is 5.69 Å². The van der Waals surface area contributed by atoms with Crippen LogP contribution >= 0.6 is 11.6 Å². The quantitative estimate of drug-likeness (QED) is 0.741. The van der Waals surface area contributed by atoms with Gasteiger partial charge in [0.25, 0.3) is 0 Å². The van der Waals surface area contributed by atoms with Crippen molar-refractivity contribution in [2.45, 2.75) is 26.3 Å². The number of anilines is 1. The lowest BCUT2D eigenvalue weighted by molar-refractivity contribution is 0.412. The summed E-state index contributed by atoms with van der Waals surface area (Å²) in [6.45, 7) is 4.91. The van der Waals surface area contributed by atoms with Gasteiger partial charge in [0.05, 0.1) is 17.3 Å². The molecule has 3 aromatic rings. The summed E-state index contributed by atoms with van der Waals surface area (Å²) in [4.78, 5) is 3.42. The largest absolute Gasteiger partial charge is 0.378 e. The standard InChI is InChI=1S/C15H16ClN3O/c1-9(2)13-6-10-5-12(16)15(7-14(10)18-13)17-8-11-3-4-20-19-11/h3-7,9,17-18H,8H2,1-2H3. The van der Waals surface area contributed by atoms with E-state index in [1.807, 2.05) is 18.2 Å². The Hall–Kier alpha value is -1.94.